The maximum Gasteiger partial charge on any atom is 0.265 e. The Labute approximate surface area is 180 Å². The summed E-state index contributed by atoms with van der Waals surface area (Å²) in [7, 11) is 0. The van der Waals surface area contributed by atoms with Gasteiger partial charge in [-0.2, -0.15) is 0 Å². The van der Waals surface area contributed by atoms with E-state index in [0.29, 0.717) is 48.2 Å². The highest BCUT2D eigenvalue weighted by Crippen LogP contribution is 2.24. The number of amides is 2. The van der Waals surface area contributed by atoms with Gasteiger partial charge in [0.05, 0.1) is 24.8 Å². The molecule has 9 nitrogen and oxygen atoms in total. The van der Waals surface area contributed by atoms with Crippen LogP contribution in [0.3, 0.4) is 0 Å². The van der Waals surface area contributed by atoms with Gasteiger partial charge in [-0.3, -0.25) is 24.3 Å². The molecule has 1 atom stereocenters. The minimum Gasteiger partial charge on any atom is -0.493 e. The normalized spacial score (nSPS) is 20.1. The number of carbonyl (C=O) groups excluding carboxylic acids is 2. The summed E-state index contributed by atoms with van der Waals surface area (Å²) in [5.74, 6) is 0.0740. The van der Waals surface area contributed by atoms with Crippen LogP contribution < -0.4 is 20.9 Å². The molecule has 4 rings (SSSR count). The van der Waals surface area contributed by atoms with E-state index in [1.54, 1.807) is 25.1 Å². The molecule has 0 radical (unpaired) electrons. The van der Waals surface area contributed by atoms with Crippen LogP contribution in [0.15, 0.2) is 23.0 Å². The molecule has 2 fully saturated rings. The molecule has 2 aliphatic heterocycles. The number of benzene rings is 1. The Hall–Kier alpha value is -2.78. The van der Waals surface area contributed by atoms with Crippen LogP contribution in [0, 0.1) is 6.92 Å². The quantitative estimate of drug-likeness (QED) is 0.504. The number of piperidine rings is 2. The van der Waals surface area contributed by atoms with Crippen molar-refractivity contribution in [2.45, 2.75) is 51.2 Å². The molecule has 1 aromatic carbocycles. The predicted molar refractivity (Wildman–Crippen MR) is 114 cm³/mol. The third-order valence-electron chi connectivity index (χ3n) is 5.78. The van der Waals surface area contributed by atoms with Crippen LogP contribution in [0.1, 0.15) is 44.0 Å². The van der Waals surface area contributed by atoms with Crippen LogP contribution in [-0.2, 0) is 14.3 Å². The number of rotatable bonds is 7. The van der Waals surface area contributed by atoms with E-state index >= 15 is 0 Å². The zero-order chi connectivity index (χ0) is 21.8. The summed E-state index contributed by atoms with van der Waals surface area (Å²) < 4.78 is 13.2. The lowest BCUT2D eigenvalue weighted by molar-refractivity contribution is -0.135. The number of imide groups is 1. The molecule has 2 N–H and O–H groups in total. The largest absolute Gasteiger partial charge is 0.493 e. The number of nitrogens with zero attached hydrogens (tertiary/aromatic N) is 2. The molecule has 0 saturated carbocycles. The van der Waals surface area contributed by atoms with E-state index < -0.39 is 11.9 Å². The van der Waals surface area contributed by atoms with Gasteiger partial charge in [0, 0.05) is 12.8 Å². The van der Waals surface area contributed by atoms with Gasteiger partial charge in [-0.1, -0.05) is 6.07 Å². The van der Waals surface area contributed by atoms with Crippen LogP contribution in [0.5, 0.6) is 5.75 Å². The molecule has 166 valence electrons. The van der Waals surface area contributed by atoms with Crippen LogP contribution in [0.2, 0.25) is 0 Å². The number of aryl methyl sites for hydroxylation is 1. The molecule has 2 aromatic rings. The highest BCUT2D eigenvalue weighted by molar-refractivity contribution is 5.99. The molecule has 1 aromatic heterocycles. The third-order valence-corrected chi connectivity index (χ3v) is 5.78. The zero-order valence-corrected chi connectivity index (χ0v) is 17.7. The molecule has 9 heteroatoms. The monoisotopic (exact) mass is 428 g/mol. The van der Waals surface area contributed by atoms with Crippen molar-refractivity contribution in [2.24, 2.45) is 0 Å². The highest BCUT2D eigenvalue weighted by atomic mass is 16.5. The summed E-state index contributed by atoms with van der Waals surface area (Å²) in [5, 5.41) is 5.96. The van der Waals surface area contributed by atoms with Crippen molar-refractivity contribution >= 4 is 22.7 Å². The zero-order valence-electron chi connectivity index (χ0n) is 17.7. The Morgan fingerprint density at radius 1 is 1.13 bits per heavy atom. The molecule has 0 bridgehead atoms. The molecule has 0 spiro atoms. The van der Waals surface area contributed by atoms with E-state index in [2.05, 4.69) is 15.6 Å². The predicted octanol–water partition coefficient (Wildman–Crippen LogP) is 1.22. The summed E-state index contributed by atoms with van der Waals surface area (Å²) in [4.78, 5) is 41.7. The second-order valence-electron chi connectivity index (χ2n) is 7.97. The van der Waals surface area contributed by atoms with Crippen LogP contribution in [0.25, 0.3) is 10.9 Å². The average molecular weight is 428 g/mol. The van der Waals surface area contributed by atoms with Crippen LogP contribution in [0.4, 0.5) is 0 Å². The van der Waals surface area contributed by atoms with Gasteiger partial charge < -0.3 is 14.8 Å². The smallest absolute Gasteiger partial charge is 0.265 e. The fourth-order valence-electron chi connectivity index (χ4n) is 4.19. The van der Waals surface area contributed by atoms with Gasteiger partial charge in [-0.15, -0.1) is 0 Å². The summed E-state index contributed by atoms with van der Waals surface area (Å²) in [6, 6.07) is 4.54. The Morgan fingerprint density at radius 2 is 1.94 bits per heavy atom. The van der Waals surface area contributed by atoms with Gasteiger partial charge >= 0.3 is 0 Å². The first-order chi connectivity index (χ1) is 15.0. The van der Waals surface area contributed by atoms with Gasteiger partial charge in [0.2, 0.25) is 11.8 Å². The molecule has 3 heterocycles. The summed E-state index contributed by atoms with van der Waals surface area (Å²) in [6.45, 7) is 4.69. The van der Waals surface area contributed by atoms with E-state index in [1.807, 2.05) is 0 Å². The van der Waals surface area contributed by atoms with Gasteiger partial charge in [0.25, 0.3) is 5.56 Å². The van der Waals surface area contributed by atoms with Gasteiger partial charge in [-0.05, 0) is 51.4 Å². The fourth-order valence-corrected chi connectivity index (χ4v) is 4.19. The number of fused-ring (bicyclic) bond motifs is 1. The minimum atomic E-state index is -0.756. The number of ether oxygens (including phenoxy) is 2. The van der Waals surface area contributed by atoms with Gasteiger partial charge in [-0.25, -0.2) is 4.98 Å². The van der Waals surface area contributed by atoms with Crippen LogP contribution >= 0.6 is 0 Å². The number of hydrogen-bond acceptors (Lipinski definition) is 7. The molecular formula is C22H28N4O5. The molecule has 2 aliphatic rings. The molecule has 1 unspecified atom stereocenters. The van der Waals surface area contributed by atoms with Gasteiger partial charge in [0.15, 0.2) is 0 Å². The Morgan fingerprint density at radius 3 is 2.71 bits per heavy atom. The standard InChI is InChI=1S/C22H28N4O5/c1-14-24-16-4-2-5-18(31-13-3-12-30-15-8-10-23-11-9-15)20(16)22(29)26(14)17-6-7-19(27)25-21(17)28/h2,4-5,15,17,23H,3,6-13H2,1H3,(H,25,27,28). The Bertz CT molecular complexity index is 1030. The van der Waals surface area contributed by atoms with Crippen molar-refractivity contribution in [3.05, 3.63) is 34.4 Å². The van der Waals surface area contributed by atoms with Crippen molar-refractivity contribution < 1.29 is 19.1 Å². The van der Waals surface area contributed by atoms with Gasteiger partial charge in [0.1, 0.15) is 23.0 Å². The Kier molecular flexibility index (Phi) is 6.62. The van der Waals surface area contributed by atoms with E-state index in [0.717, 1.165) is 25.9 Å². The molecule has 31 heavy (non-hydrogen) atoms. The third kappa shape index (κ3) is 4.77. The average Bonchev–Trinajstić information content (AvgIpc) is 2.75. The van der Waals surface area contributed by atoms with E-state index in [4.69, 9.17) is 9.47 Å². The molecule has 2 amide bonds. The molecule has 0 aliphatic carbocycles. The number of carbonyl (C=O) groups is 2. The maximum atomic E-state index is 13.3. The lowest BCUT2D eigenvalue weighted by Gasteiger charge is -2.24. The lowest BCUT2D eigenvalue weighted by Crippen LogP contribution is -2.45. The van der Waals surface area contributed by atoms with Crippen molar-refractivity contribution in [2.75, 3.05) is 26.3 Å². The van der Waals surface area contributed by atoms with Crippen molar-refractivity contribution in [1.29, 1.82) is 0 Å². The summed E-state index contributed by atoms with van der Waals surface area (Å²) in [5.41, 5.74) is 0.188. The maximum absolute atomic E-state index is 13.3. The van der Waals surface area contributed by atoms with E-state index in [-0.39, 0.29) is 24.3 Å². The first-order valence-corrected chi connectivity index (χ1v) is 10.9. The van der Waals surface area contributed by atoms with E-state index in [9.17, 15) is 14.4 Å². The van der Waals surface area contributed by atoms with E-state index in [1.165, 1.54) is 4.57 Å². The van der Waals surface area contributed by atoms with Crippen molar-refractivity contribution in [3.8, 4) is 5.75 Å². The first-order valence-electron chi connectivity index (χ1n) is 10.9. The van der Waals surface area contributed by atoms with Crippen molar-refractivity contribution in [1.82, 2.24) is 20.2 Å². The number of hydrogen-bond donors (Lipinski definition) is 2. The summed E-state index contributed by atoms with van der Waals surface area (Å²) in [6.07, 6.45) is 3.52. The van der Waals surface area contributed by atoms with Crippen LogP contribution in [-0.4, -0.2) is 53.8 Å². The number of aromatic nitrogens is 2. The molecular weight excluding hydrogens is 400 g/mol. The first kappa shape index (κ1) is 21.5. The second kappa shape index (κ2) is 9.57. The van der Waals surface area contributed by atoms with Crippen molar-refractivity contribution in [3.63, 3.8) is 0 Å². The fraction of sp³-hybridized carbons (Fsp3) is 0.545. The lowest BCUT2D eigenvalue weighted by atomic mass is 10.1. The topological polar surface area (TPSA) is 112 Å². The number of nitrogens with one attached hydrogen (secondary N) is 2. The summed E-state index contributed by atoms with van der Waals surface area (Å²) >= 11 is 0. The molecule has 2 saturated heterocycles. The SMILES string of the molecule is Cc1nc2cccc(OCCCOC3CCNCC3)c2c(=O)n1C1CCC(=O)NC1=O. The Balaban J connectivity index is 1.49. The second-order valence-corrected chi connectivity index (χ2v) is 7.97. The highest BCUT2D eigenvalue weighted by Gasteiger charge is 2.30. The minimum absolute atomic E-state index is 0.190.